The topological polar surface area (TPSA) is 33.1 Å². The molecule has 0 fully saturated rings. The fourth-order valence-corrected chi connectivity index (χ4v) is 1.29. The summed E-state index contributed by atoms with van der Waals surface area (Å²) < 4.78 is 0. The van der Waals surface area contributed by atoms with Crippen molar-refractivity contribution in [3.05, 3.63) is 16.6 Å². The van der Waals surface area contributed by atoms with Crippen LogP contribution in [0.2, 0.25) is 0 Å². The van der Waals surface area contributed by atoms with Gasteiger partial charge in [-0.2, -0.15) is 0 Å². The van der Waals surface area contributed by atoms with Crippen LogP contribution in [0.5, 0.6) is 0 Å². The lowest BCUT2D eigenvalue weighted by atomic mass is 10.3. The van der Waals surface area contributed by atoms with Crippen molar-refractivity contribution in [3.63, 3.8) is 0 Å². The molecule has 1 heterocycles. The van der Waals surface area contributed by atoms with Gasteiger partial charge >= 0.3 is 0 Å². The molecule has 12 heavy (non-hydrogen) atoms. The van der Waals surface area contributed by atoms with Gasteiger partial charge in [0.05, 0.1) is 6.42 Å². The second-order valence-electron chi connectivity index (χ2n) is 2.28. The predicted octanol–water partition coefficient (Wildman–Crippen LogP) is 1.46. The minimum absolute atomic E-state index is 0.228. The number of rotatable bonds is 3. The van der Waals surface area contributed by atoms with Gasteiger partial charge in [-0.05, 0) is 6.42 Å². The van der Waals surface area contributed by atoms with Gasteiger partial charge in [-0.3, -0.25) is 0 Å². The number of nitrogens with zero attached hydrogens (tertiary/aromatic N) is 1. The molecule has 0 aliphatic heterocycles. The van der Waals surface area contributed by atoms with Crippen LogP contribution < -0.4 is 0 Å². The standard InChI is InChI=1S/C9H11NOS/c11-7-4-2-1-3-5-9-10-6-8-12-9/h6,8,11H,2,4-5,7H2. The average Bonchev–Trinajstić information content (AvgIpc) is 2.57. The molecule has 3 heteroatoms. The normalized spacial score (nSPS) is 9.08. The molecule has 0 saturated heterocycles. The second kappa shape index (κ2) is 5.76. The van der Waals surface area contributed by atoms with Gasteiger partial charge in [-0.25, -0.2) is 4.98 Å². The maximum absolute atomic E-state index is 8.47. The zero-order valence-electron chi connectivity index (χ0n) is 6.79. The van der Waals surface area contributed by atoms with Crippen molar-refractivity contribution in [1.82, 2.24) is 4.98 Å². The number of thiazole rings is 1. The van der Waals surface area contributed by atoms with Crippen molar-refractivity contribution >= 4 is 11.3 Å². The summed E-state index contributed by atoms with van der Waals surface area (Å²) in [6, 6.07) is 0. The number of hydrogen-bond acceptors (Lipinski definition) is 3. The number of aliphatic hydroxyl groups excluding tert-OH is 1. The summed E-state index contributed by atoms with van der Waals surface area (Å²) in [7, 11) is 0. The Morgan fingerprint density at radius 2 is 2.42 bits per heavy atom. The largest absolute Gasteiger partial charge is 0.396 e. The molecule has 0 unspecified atom stereocenters. The Labute approximate surface area is 76.3 Å². The summed E-state index contributed by atoms with van der Waals surface area (Å²) in [4.78, 5) is 4.10. The molecule has 0 radical (unpaired) electrons. The Kier molecular flexibility index (Phi) is 4.43. The molecular weight excluding hydrogens is 170 g/mol. The highest BCUT2D eigenvalue weighted by Gasteiger charge is 1.88. The maximum atomic E-state index is 8.47. The molecule has 0 atom stereocenters. The minimum Gasteiger partial charge on any atom is -0.396 e. The molecule has 0 aliphatic rings. The molecule has 1 N–H and O–H groups in total. The van der Waals surface area contributed by atoms with Gasteiger partial charge in [-0.1, -0.05) is 5.92 Å². The van der Waals surface area contributed by atoms with E-state index in [1.807, 2.05) is 5.38 Å². The number of hydrogen-bond donors (Lipinski definition) is 1. The van der Waals surface area contributed by atoms with Crippen LogP contribution in [0, 0.1) is 11.8 Å². The predicted molar refractivity (Wildman–Crippen MR) is 49.9 cm³/mol. The molecule has 1 aromatic heterocycles. The van der Waals surface area contributed by atoms with E-state index in [0.717, 1.165) is 24.3 Å². The van der Waals surface area contributed by atoms with Crippen LogP contribution in [0.4, 0.5) is 0 Å². The first-order chi connectivity index (χ1) is 5.93. The van der Waals surface area contributed by atoms with Crippen LogP contribution >= 0.6 is 11.3 Å². The van der Waals surface area contributed by atoms with Crippen molar-refractivity contribution in [2.45, 2.75) is 19.3 Å². The van der Waals surface area contributed by atoms with Gasteiger partial charge in [0.25, 0.3) is 0 Å². The van der Waals surface area contributed by atoms with Crippen LogP contribution in [0.3, 0.4) is 0 Å². The Balaban J connectivity index is 2.19. The van der Waals surface area contributed by atoms with Crippen molar-refractivity contribution in [3.8, 4) is 11.8 Å². The van der Waals surface area contributed by atoms with E-state index in [-0.39, 0.29) is 6.61 Å². The Bertz CT molecular complexity index is 258. The lowest BCUT2D eigenvalue weighted by molar-refractivity contribution is 0.290. The first-order valence-electron chi connectivity index (χ1n) is 3.88. The van der Waals surface area contributed by atoms with Gasteiger partial charge in [0.1, 0.15) is 5.01 Å². The number of unbranched alkanes of at least 4 members (excludes halogenated alkanes) is 1. The molecule has 64 valence electrons. The third-order valence-electron chi connectivity index (χ3n) is 1.31. The first-order valence-corrected chi connectivity index (χ1v) is 4.76. The molecule has 0 aromatic carbocycles. The highest BCUT2D eigenvalue weighted by molar-refractivity contribution is 7.09. The molecule has 1 aromatic rings. The summed E-state index contributed by atoms with van der Waals surface area (Å²) in [6.07, 6.45) is 4.07. The van der Waals surface area contributed by atoms with Crippen molar-refractivity contribution in [1.29, 1.82) is 0 Å². The molecular formula is C9H11NOS. The molecule has 0 bridgehead atoms. The smallest absolute Gasteiger partial charge is 0.104 e. The maximum Gasteiger partial charge on any atom is 0.104 e. The molecule has 0 aliphatic carbocycles. The van der Waals surface area contributed by atoms with E-state index in [1.165, 1.54) is 0 Å². The monoisotopic (exact) mass is 181 g/mol. The quantitative estimate of drug-likeness (QED) is 0.565. The van der Waals surface area contributed by atoms with E-state index < -0.39 is 0 Å². The van der Waals surface area contributed by atoms with E-state index in [0.29, 0.717) is 0 Å². The fraction of sp³-hybridized carbons (Fsp3) is 0.444. The molecule has 2 nitrogen and oxygen atoms in total. The van der Waals surface area contributed by atoms with Crippen molar-refractivity contribution in [2.75, 3.05) is 6.61 Å². The van der Waals surface area contributed by atoms with Crippen molar-refractivity contribution in [2.24, 2.45) is 0 Å². The molecule has 0 amide bonds. The number of aromatic nitrogens is 1. The van der Waals surface area contributed by atoms with Crippen LogP contribution in [0.1, 0.15) is 17.8 Å². The Morgan fingerprint density at radius 3 is 3.08 bits per heavy atom. The Hall–Kier alpha value is -0.850. The average molecular weight is 181 g/mol. The zero-order chi connectivity index (χ0) is 8.65. The summed E-state index contributed by atoms with van der Waals surface area (Å²) in [6.45, 7) is 0.228. The van der Waals surface area contributed by atoms with Gasteiger partial charge < -0.3 is 5.11 Å². The van der Waals surface area contributed by atoms with E-state index in [2.05, 4.69) is 16.8 Å². The van der Waals surface area contributed by atoms with E-state index in [1.54, 1.807) is 17.5 Å². The summed E-state index contributed by atoms with van der Waals surface area (Å²) in [5, 5.41) is 11.5. The summed E-state index contributed by atoms with van der Waals surface area (Å²) in [5.41, 5.74) is 0. The van der Waals surface area contributed by atoms with E-state index in [9.17, 15) is 0 Å². The minimum atomic E-state index is 0.228. The van der Waals surface area contributed by atoms with Crippen LogP contribution in [-0.4, -0.2) is 16.7 Å². The van der Waals surface area contributed by atoms with Gasteiger partial charge in [0.2, 0.25) is 0 Å². The second-order valence-corrected chi connectivity index (χ2v) is 3.26. The Morgan fingerprint density at radius 1 is 1.50 bits per heavy atom. The molecule has 0 saturated carbocycles. The molecule has 1 rings (SSSR count). The zero-order valence-corrected chi connectivity index (χ0v) is 7.60. The number of aliphatic hydroxyl groups is 1. The lowest BCUT2D eigenvalue weighted by Crippen LogP contribution is -1.80. The van der Waals surface area contributed by atoms with Gasteiger partial charge in [0.15, 0.2) is 0 Å². The van der Waals surface area contributed by atoms with Crippen LogP contribution in [0.25, 0.3) is 0 Å². The first kappa shape index (κ1) is 9.24. The lowest BCUT2D eigenvalue weighted by Gasteiger charge is -1.84. The summed E-state index contributed by atoms with van der Waals surface area (Å²) >= 11 is 1.62. The van der Waals surface area contributed by atoms with Crippen LogP contribution in [-0.2, 0) is 6.42 Å². The third-order valence-corrected chi connectivity index (χ3v) is 2.09. The fourth-order valence-electron chi connectivity index (χ4n) is 0.734. The molecule has 0 spiro atoms. The van der Waals surface area contributed by atoms with E-state index in [4.69, 9.17) is 5.11 Å². The van der Waals surface area contributed by atoms with Crippen LogP contribution in [0.15, 0.2) is 11.6 Å². The SMILES string of the molecule is OCCCC#CCc1nccs1. The summed E-state index contributed by atoms with van der Waals surface area (Å²) in [5.74, 6) is 5.99. The van der Waals surface area contributed by atoms with Crippen molar-refractivity contribution < 1.29 is 5.11 Å². The highest BCUT2D eigenvalue weighted by atomic mass is 32.1. The van der Waals surface area contributed by atoms with Gasteiger partial charge in [0, 0.05) is 24.6 Å². The van der Waals surface area contributed by atoms with Gasteiger partial charge in [-0.15, -0.1) is 17.3 Å². The highest BCUT2D eigenvalue weighted by Crippen LogP contribution is 2.03. The third kappa shape index (κ3) is 3.51. The van der Waals surface area contributed by atoms with E-state index >= 15 is 0 Å².